The third kappa shape index (κ3) is 1.07. The van der Waals surface area contributed by atoms with Crippen LogP contribution in [0.1, 0.15) is 0 Å². The van der Waals surface area contributed by atoms with Gasteiger partial charge in [-0.15, -0.1) is 0 Å². The summed E-state index contributed by atoms with van der Waals surface area (Å²) in [4.78, 5) is 10.0. The Kier molecular flexibility index (Phi) is 1.84. The average Bonchev–Trinajstić information content (AvgIpc) is 2.33. The van der Waals surface area contributed by atoms with Gasteiger partial charge in [0.1, 0.15) is 12.0 Å². The SMILES string of the molecule is O=CC1=C(C(F)F)N=NC1. The molecule has 0 atom stereocenters. The first-order chi connectivity index (χ1) is 4.75. The molecule has 0 aromatic carbocycles. The molecule has 0 aliphatic carbocycles. The Hall–Kier alpha value is -1.13. The van der Waals surface area contributed by atoms with Gasteiger partial charge >= 0.3 is 0 Å². The van der Waals surface area contributed by atoms with Crippen molar-refractivity contribution >= 4 is 6.29 Å². The van der Waals surface area contributed by atoms with Crippen LogP contribution in [0.3, 0.4) is 0 Å². The van der Waals surface area contributed by atoms with E-state index in [9.17, 15) is 13.6 Å². The summed E-state index contributed by atoms with van der Waals surface area (Å²) in [5, 5.41) is 6.39. The highest BCUT2D eigenvalue weighted by Gasteiger charge is 2.19. The molecule has 0 amide bonds. The Bertz CT molecular complexity index is 210. The van der Waals surface area contributed by atoms with Crippen LogP contribution in [-0.4, -0.2) is 19.3 Å². The van der Waals surface area contributed by atoms with Gasteiger partial charge in [0, 0.05) is 5.57 Å². The highest BCUT2D eigenvalue weighted by Crippen LogP contribution is 2.19. The van der Waals surface area contributed by atoms with E-state index in [1.165, 1.54) is 0 Å². The van der Waals surface area contributed by atoms with Crippen LogP contribution < -0.4 is 0 Å². The number of halogens is 2. The fourth-order valence-corrected chi connectivity index (χ4v) is 0.614. The number of hydrogen-bond acceptors (Lipinski definition) is 3. The molecule has 0 aromatic rings. The molecule has 0 radical (unpaired) electrons. The van der Waals surface area contributed by atoms with Crippen molar-refractivity contribution in [2.45, 2.75) is 6.43 Å². The number of hydrogen-bond donors (Lipinski definition) is 0. The van der Waals surface area contributed by atoms with Crippen molar-refractivity contribution in [1.29, 1.82) is 0 Å². The summed E-state index contributed by atoms with van der Waals surface area (Å²) < 4.78 is 23.6. The minimum Gasteiger partial charge on any atom is -0.298 e. The van der Waals surface area contributed by atoms with E-state index in [1.54, 1.807) is 0 Å². The zero-order valence-corrected chi connectivity index (χ0v) is 4.92. The molecule has 10 heavy (non-hydrogen) atoms. The lowest BCUT2D eigenvalue weighted by Gasteiger charge is -1.93. The molecule has 0 saturated heterocycles. The maximum atomic E-state index is 11.8. The summed E-state index contributed by atoms with van der Waals surface area (Å²) in [6.45, 7) is -0.0107. The van der Waals surface area contributed by atoms with Crippen LogP contribution in [0, 0.1) is 0 Å². The van der Waals surface area contributed by atoms with Gasteiger partial charge in [0.25, 0.3) is 6.43 Å². The third-order valence-electron chi connectivity index (χ3n) is 1.10. The lowest BCUT2D eigenvalue weighted by Crippen LogP contribution is -1.97. The summed E-state index contributed by atoms with van der Waals surface area (Å²) in [7, 11) is 0. The van der Waals surface area contributed by atoms with Gasteiger partial charge in [0.05, 0.1) is 6.54 Å². The summed E-state index contributed by atoms with van der Waals surface area (Å²) in [6, 6.07) is 0. The van der Waals surface area contributed by atoms with E-state index >= 15 is 0 Å². The third-order valence-corrected chi connectivity index (χ3v) is 1.10. The van der Waals surface area contributed by atoms with Crippen molar-refractivity contribution in [2.24, 2.45) is 10.2 Å². The van der Waals surface area contributed by atoms with Crippen LogP contribution in [-0.2, 0) is 4.79 Å². The average molecular weight is 146 g/mol. The standard InChI is InChI=1S/C5H4F2N2O/c6-5(7)4-3(2-10)1-8-9-4/h2,5H,1H2. The largest absolute Gasteiger partial charge is 0.298 e. The number of rotatable bonds is 2. The molecule has 1 aliphatic rings. The molecule has 1 aliphatic heterocycles. The van der Waals surface area contributed by atoms with Gasteiger partial charge in [-0.05, 0) is 0 Å². The van der Waals surface area contributed by atoms with Crippen LogP contribution >= 0.6 is 0 Å². The summed E-state index contributed by atoms with van der Waals surface area (Å²) in [6.07, 6.45) is -2.33. The van der Waals surface area contributed by atoms with Crippen LogP contribution in [0.25, 0.3) is 0 Å². The number of carbonyl (C=O) groups excluding carboxylic acids is 1. The van der Waals surface area contributed by atoms with Crippen LogP contribution in [0.2, 0.25) is 0 Å². The number of nitrogens with zero attached hydrogens (tertiary/aromatic N) is 2. The lowest BCUT2D eigenvalue weighted by molar-refractivity contribution is -0.105. The smallest absolute Gasteiger partial charge is 0.282 e. The van der Waals surface area contributed by atoms with Gasteiger partial charge in [-0.1, -0.05) is 0 Å². The van der Waals surface area contributed by atoms with E-state index in [0.717, 1.165) is 0 Å². The number of carbonyl (C=O) groups is 1. The quantitative estimate of drug-likeness (QED) is 0.539. The second kappa shape index (κ2) is 2.64. The minimum absolute atomic E-state index is 0.0107. The summed E-state index contributed by atoms with van der Waals surface area (Å²) in [5.74, 6) is 0. The zero-order valence-electron chi connectivity index (χ0n) is 4.92. The van der Waals surface area contributed by atoms with Crippen LogP contribution in [0.15, 0.2) is 21.5 Å². The molecule has 0 bridgehead atoms. The van der Waals surface area contributed by atoms with Gasteiger partial charge < -0.3 is 0 Å². The Morgan fingerprint density at radius 1 is 1.60 bits per heavy atom. The molecular formula is C5H4F2N2O. The zero-order chi connectivity index (χ0) is 7.56. The molecular weight excluding hydrogens is 142 g/mol. The molecule has 0 aromatic heterocycles. The molecule has 0 unspecified atom stereocenters. The van der Waals surface area contributed by atoms with E-state index in [0.29, 0.717) is 6.29 Å². The maximum Gasteiger partial charge on any atom is 0.282 e. The predicted octanol–water partition coefficient (Wildman–Crippen LogP) is 1.17. The van der Waals surface area contributed by atoms with Crippen molar-refractivity contribution in [1.82, 2.24) is 0 Å². The topological polar surface area (TPSA) is 41.8 Å². The summed E-state index contributed by atoms with van der Waals surface area (Å²) in [5.41, 5.74) is -0.509. The Morgan fingerprint density at radius 2 is 2.30 bits per heavy atom. The molecule has 0 fully saturated rings. The van der Waals surface area contributed by atoms with E-state index in [4.69, 9.17) is 0 Å². The van der Waals surface area contributed by atoms with Gasteiger partial charge in [-0.3, -0.25) is 4.79 Å². The fraction of sp³-hybridized carbons (Fsp3) is 0.400. The van der Waals surface area contributed by atoms with Crippen molar-refractivity contribution < 1.29 is 13.6 Å². The van der Waals surface area contributed by atoms with E-state index < -0.39 is 12.1 Å². The predicted molar refractivity (Wildman–Crippen MR) is 28.8 cm³/mol. The first kappa shape index (κ1) is 6.98. The van der Waals surface area contributed by atoms with Crippen molar-refractivity contribution in [2.75, 3.05) is 6.54 Å². The van der Waals surface area contributed by atoms with Gasteiger partial charge in [-0.2, -0.15) is 10.2 Å². The number of allylic oxidation sites excluding steroid dienone is 1. The number of aldehydes is 1. The molecule has 5 heteroatoms. The van der Waals surface area contributed by atoms with Gasteiger partial charge in [-0.25, -0.2) is 8.78 Å². The first-order valence-electron chi connectivity index (χ1n) is 2.59. The number of azo groups is 1. The Morgan fingerprint density at radius 3 is 2.70 bits per heavy atom. The molecule has 3 nitrogen and oxygen atoms in total. The highest BCUT2D eigenvalue weighted by atomic mass is 19.3. The van der Waals surface area contributed by atoms with Crippen LogP contribution in [0.4, 0.5) is 8.78 Å². The maximum absolute atomic E-state index is 11.8. The summed E-state index contributed by atoms with van der Waals surface area (Å²) >= 11 is 0. The second-order valence-corrected chi connectivity index (χ2v) is 1.73. The van der Waals surface area contributed by atoms with Crippen molar-refractivity contribution in [3.05, 3.63) is 11.3 Å². The molecule has 0 N–H and O–H groups in total. The van der Waals surface area contributed by atoms with Crippen molar-refractivity contribution in [3.63, 3.8) is 0 Å². The van der Waals surface area contributed by atoms with Crippen LogP contribution in [0.5, 0.6) is 0 Å². The minimum atomic E-state index is -2.69. The van der Waals surface area contributed by atoms with E-state index in [2.05, 4.69) is 10.2 Å². The normalized spacial score (nSPS) is 17.1. The number of alkyl halides is 2. The molecule has 1 heterocycles. The second-order valence-electron chi connectivity index (χ2n) is 1.73. The molecule has 1 rings (SSSR count). The van der Waals surface area contributed by atoms with Gasteiger partial charge in [0.15, 0.2) is 0 Å². The van der Waals surface area contributed by atoms with E-state index in [1.807, 2.05) is 0 Å². The van der Waals surface area contributed by atoms with Crippen molar-refractivity contribution in [3.8, 4) is 0 Å². The fourth-order valence-electron chi connectivity index (χ4n) is 0.614. The molecule has 0 saturated carbocycles. The molecule has 0 spiro atoms. The van der Waals surface area contributed by atoms with Gasteiger partial charge in [0.2, 0.25) is 0 Å². The monoisotopic (exact) mass is 146 g/mol. The lowest BCUT2D eigenvalue weighted by atomic mass is 10.2. The Balaban J connectivity index is 2.86. The van der Waals surface area contributed by atoms with E-state index in [-0.39, 0.29) is 12.1 Å². The first-order valence-corrected chi connectivity index (χ1v) is 2.59. The highest BCUT2D eigenvalue weighted by molar-refractivity contribution is 5.75. The molecule has 54 valence electrons. The Labute approximate surface area is 55.4 Å².